The monoisotopic (exact) mass is 390 g/mol. The zero-order valence-corrected chi connectivity index (χ0v) is 15.6. The topological polar surface area (TPSA) is 16.1 Å². The molecule has 3 heterocycles. The zero-order chi connectivity index (χ0) is 17.7. The fraction of sp³-hybridized carbons (Fsp3) is 0.722. The highest BCUT2D eigenvalue weighted by atomic mass is 35.5. The summed E-state index contributed by atoms with van der Waals surface area (Å²) in [6, 6.07) is 2.25. The van der Waals surface area contributed by atoms with Gasteiger partial charge in [-0.2, -0.15) is 24.9 Å². The highest BCUT2D eigenvalue weighted by molar-refractivity contribution is 8.00. The summed E-state index contributed by atoms with van der Waals surface area (Å²) in [5, 5.41) is -0.204. The molecule has 1 aromatic heterocycles. The van der Waals surface area contributed by atoms with E-state index in [1.165, 1.54) is 37.2 Å². The highest BCUT2D eigenvalue weighted by Crippen LogP contribution is 2.47. The molecule has 138 valence electrons. The van der Waals surface area contributed by atoms with Crippen LogP contribution in [-0.4, -0.2) is 40.5 Å². The molecule has 0 radical (unpaired) electrons. The summed E-state index contributed by atoms with van der Waals surface area (Å²) in [4.78, 5) is 6.08. The number of likely N-dealkylation sites (tertiary alicyclic amines) is 1. The molecular formula is C18H22ClF3N2S. The van der Waals surface area contributed by atoms with E-state index in [4.69, 9.17) is 11.6 Å². The van der Waals surface area contributed by atoms with Crippen molar-refractivity contribution in [3.63, 3.8) is 0 Å². The Labute approximate surface area is 155 Å². The molecule has 2 nitrogen and oxygen atoms in total. The predicted octanol–water partition coefficient (Wildman–Crippen LogP) is 5.22. The van der Waals surface area contributed by atoms with Crippen LogP contribution in [0.1, 0.15) is 49.3 Å². The van der Waals surface area contributed by atoms with Gasteiger partial charge < -0.3 is 0 Å². The summed E-state index contributed by atoms with van der Waals surface area (Å²) in [5.74, 6) is 2.71. The van der Waals surface area contributed by atoms with Crippen LogP contribution in [0.4, 0.5) is 13.2 Å². The molecule has 3 fully saturated rings. The van der Waals surface area contributed by atoms with E-state index in [-0.39, 0.29) is 10.9 Å². The van der Waals surface area contributed by atoms with Gasteiger partial charge in [0.25, 0.3) is 0 Å². The van der Waals surface area contributed by atoms with Crippen LogP contribution in [0.3, 0.4) is 0 Å². The summed E-state index contributed by atoms with van der Waals surface area (Å²) < 4.78 is 39.1. The minimum absolute atomic E-state index is 0.115. The molecule has 0 amide bonds. The largest absolute Gasteiger partial charge is 0.434 e. The van der Waals surface area contributed by atoms with Gasteiger partial charge in [-0.3, -0.25) is 9.88 Å². The third-order valence-electron chi connectivity index (χ3n) is 6.12. The second-order valence-corrected chi connectivity index (χ2v) is 9.14. The first kappa shape index (κ1) is 17.9. The Morgan fingerprint density at radius 1 is 1.20 bits per heavy atom. The lowest BCUT2D eigenvalue weighted by Gasteiger charge is -2.40. The van der Waals surface area contributed by atoms with E-state index in [1.54, 1.807) is 6.07 Å². The van der Waals surface area contributed by atoms with Gasteiger partial charge in [0.05, 0.1) is 5.02 Å². The van der Waals surface area contributed by atoms with Crippen molar-refractivity contribution in [2.24, 2.45) is 5.41 Å². The molecule has 1 saturated carbocycles. The molecule has 2 aliphatic heterocycles. The predicted molar refractivity (Wildman–Crippen MR) is 95.2 cm³/mol. The Morgan fingerprint density at radius 3 is 2.48 bits per heavy atom. The van der Waals surface area contributed by atoms with Crippen molar-refractivity contribution in [1.29, 1.82) is 0 Å². The Bertz CT molecular complexity index is 640. The molecule has 0 aromatic carbocycles. The first-order valence-corrected chi connectivity index (χ1v) is 10.4. The number of pyridine rings is 1. The van der Waals surface area contributed by atoms with Crippen molar-refractivity contribution in [1.82, 2.24) is 9.88 Å². The van der Waals surface area contributed by atoms with Gasteiger partial charge in [-0.15, -0.1) is 0 Å². The number of hydrogen-bond acceptors (Lipinski definition) is 3. The van der Waals surface area contributed by atoms with Crippen molar-refractivity contribution < 1.29 is 13.2 Å². The minimum Gasteiger partial charge on any atom is -0.300 e. The summed E-state index contributed by atoms with van der Waals surface area (Å²) in [6.07, 6.45) is 1.98. The van der Waals surface area contributed by atoms with Crippen LogP contribution in [0.2, 0.25) is 5.02 Å². The van der Waals surface area contributed by atoms with Crippen LogP contribution in [0.25, 0.3) is 0 Å². The lowest BCUT2D eigenvalue weighted by Crippen LogP contribution is -2.42. The van der Waals surface area contributed by atoms with E-state index in [9.17, 15) is 13.2 Å². The highest BCUT2D eigenvalue weighted by Gasteiger charge is 2.45. The van der Waals surface area contributed by atoms with E-state index in [0.29, 0.717) is 17.0 Å². The molecule has 1 aromatic rings. The maximum atomic E-state index is 13.0. The van der Waals surface area contributed by atoms with Crippen molar-refractivity contribution in [2.45, 2.75) is 50.2 Å². The number of rotatable bonds is 2. The lowest BCUT2D eigenvalue weighted by atomic mass is 9.81. The summed E-state index contributed by atoms with van der Waals surface area (Å²) in [7, 11) is 0. The van der Waals surface area contributed by atoms with Gasteiger partial charge in [0, 0.05) is 35.7 Å². The van der Waals surface area contributed by atoms with Crippen molar-refractivity contribution in [2.75, 3.05) is 24.6 Å². The van der Waals surface area contributed by atoms with E-state index in [2.05, 4.69) is 9.88 Å². The summed E-state index contributed by atoms with van der Waals surface area (Å²) in [5.41, 5.74) is 0.242. The molecule has 3 aliphatic rings. The SMILES string of the molecule is FC(F)(F)c1nccc(C2CCC(N3CCC4(CSC4)C3)CC2)c1Cl. The lowest BCUT2D eigenvalue weighted by molar-refractivity contribution is -0.141. The van der Waals surface area contributed by atoms with Crippen LogP contribution in [0.15, 0.2) is 12.3 Å². The third kappa shape index (κ3) is 3.42. The number of thioether (sulfide) groups is 1. The fourth-order valence-corrected chi connectivity index (χ4v) is 6.26. The van der Waals surface area contributed by atoms with Gasteiger partial charge in [0.2, 0.25) is 0 Å². The van der Waals surface area contributed by atoms with E-state index in [0.717, 1.165) is 25.7 Å². The van der Waals surface area contributed by atoms with Gasteiger partial charge in [0.1, 0.15) is 0 Å². The van der Waals surface area contributed by atoms with E-state index >= 15 is 0 Å². The standard InChI is InChI=1S/C18H22ClF3N2S/c19-15-14(5-7-23-16(15)18(20,21)22)12-1-3-13(4-2-12)24-8-6-17(9-24)10-25-11-17/h5,7,12-13H,1-4,6,8-11H2. The van der Waals surface area contributed by atoms with Crippen LogP contribution in [0.5, 0.6) is 0 Å². The van der Waals surface area contributed by atoms with Crippen LogP contribution in [0, 0.1) is 5.41 Å². The van der Waals surface area contributed by atoms with Crippen LogP contribution < -0.4 is 0 Å². The van der Waals surface area contributed by atoms with Crippen molar-refractivity contribution >= 4 is 23.4 Å². The molecule has 0 bridgehead atoms. The number of halogens is 4. The van der Waals surface area contributed by atoms with E-state index in [1.807, 2.05) is 11.8 Å². The second kappa shape index (κ2) is 6.61. The molecule has 0 unspecified atom stereocenters. The van der Waals surface area contributed by atoms with Gasteiger partial charge in [0.15, 0.2) is 5.69 Å². The first-order chi connectivity index (χ1) is 11.9. The Kier molecular flexibility index (Phi) is 4.74. The molecule has 0 atom stereocenters. The molecule has 7 heteroatoms. The molecule has 2 saturated heterocycles. The molecule has 0 N–H and O–H groups in total. The van der Waals surface area contributed by atoms with Crippen LogP contribution >= 0.6 is 23.4 Å². The maximum Gasteiger partial charge on any atom is 0.434 e. The number of hydrogen-bond donors (Lipinski definition) is 0. The van der Waals surface area contributed by atoms with E-state index < -0.39 is 11.9 Å². The third-order valence-corrected chi connectivity index (χ3v) is 8.16. The number of alkyl halides is 3. The normalized spacial score (nSPS) is 29.8. The second-order valence-electron chi connectivity index (χ2n) is 7.78. The zero-order valence-electron chi connectivity index (χ0n) is 14.0. The molecule has 4 rings (SSSR count). The maximum absolute atomic E-state index is 13.0. The number of aromatic nitrogens is 1. The van der Waals surface area contributed by atoms with Crippen molar-refractivity contribution in [3.8, 4) is 0 Å². The van der Waals surface area contributed by atoms with Crippen LogP contribution in [-0.2, 0) is 6.18 Å². The Hall–Kier alpha value is -0.460. The average molecular weight is 391 g/mol. The first-order valence-electron chi connectivity index (χ1n) is 8.91. The fourth-order valence-electron chi connectivity index (χ4n) is 4.63. The Morgan fingerprint density at radius 2 is 1.92 bits per heavy atom. The summed E-state index contributed by atoms with van der Waals surface area (Å²) in [6.45, 7) is 2.40. The molecular weight excluding hydrogens is 369 g/mol. The minimum atomic E-state index is -4.49. The number of nitrogens with zero attached hydrogens (tertiary/aromatic N) is 2. The molecule has 1 aliphatic carbocycles. The van der Waals surface area contributed by atoms with Crippen molar-refractivity contribution in [3.05, 3.63) is 28.5 Å². The van der Waals surface area contributed by atoms with Gasteiger partial charge in [-0.05, 0) is 56.2 Å². The summed E-state index contributed by atoms with van der Waals surface area (Å²) >= 11 is 8.10. The smallest absolute Gasteiger partial charge is 0.300 e. The molecule has 25 heavy (non-hydrogen) atoms. The average Bonchev–Trinajstić information content (AvgIpc) is 3.00. The quantitative estimate of drug-likeness (QED) is 0.688. The van der Waals surface area contributed by atoms with Gasteiger partial charge in [-0.1, -0.05) is 11.6 Å². The van der Waals surface area contributed by atoms with Gasteiger partial charge in [-0.25, -0.2) is 0 Å². The molecule has 1 spiro atoms. The van der Waals surface area contributed by atoms with Gasteiger partial charge >= 0.3 is 6.18 Å². The Balaban J connectivity index is 1.41.